The summed E-state index contributed by atoms with van der Waals surface area (Å²) in [5.74, 6) is 2.58. The summed E-state index contributed by atoms with van der Waals surface area (Å²) >= 11 is 1.98. The average Bonchev–Trinajstić information content (AvgIpc) is 2.30. The molecule has 0 aromatic carbocycles. The van der Waals surface area contributed by atoms with Crippen LogP contribution in [-0.2, 0) is 9.53 Å². The SMILES string of the molecule is CC1CN(C(=O)CN2CCSCC2)CCO1. The number of carbonyl (C=O) groups is 1. The standard InChI is InChI=1S/C11H20N2O2S/c1-10-8-13(2-5-15-10)11(14)9-12-3-6-16-7-4-12/h10H,2-9H2,1H3. The molecule has 0 spiro atoms. The molecular weight excluding hydrogens is 224 g/mol. The van der Waals surface area contributed by atoms with Gasteiger partial charge in [0, 0.05) is 37.7 Å². The summed E-state index contributed by atoms with van der Waals surface area (Å²) in [6.45, 7) is 6.91. The Bertz CT molecular complexity index is 244. The minimum absolute atomic E-state index is 0.189. The third-order valence-electron chi connectivity index (χ3n) is 3.06. The minimum atomic E-state index is 0.189. The second-order valence-corrected chi connectivity index (χ2v) is 5.63. The van der Waals surface area contributed by atoms with Crippen LogP contribution < -0.4 is 0 Å². The Kier molecular flexibility index (Phi) is 4.49. The molecule has 0 aromatic heterocycles. The lowest BCUT2D eigenvalue weighted by Crippen LogP contribution is -2.49. The van der Waals surface area contributed by atoms with Crippen LogP contribution in [0.1, 0.15) is 6.92 Å². The lowest BCUT2D eigenvalue weighted by atomic mass is 10.3. The molecule has 2 fully saturated rings. The van der Waals surface area contributed by atoms with Crippen molar-refractivity contribution in [1.82, 2.24) is 9.80 Å². The molecule has 1 atom stereocenters. The molecule has 0 radical (unpaired) electrons. The summed E-state index contributed by atoms with van der Waals surface area (Å²) in [6.07, 6.45) is 0.189. The molecule has 92 valence electrons. The maximum atomic E-state index is 12.0. The van der Waals surface area contributed by atoms with E-state index in [0.29, 0.717) is 13.2 Å². The van der Waals surface area contributed by atoms with E-state index in [4.69, 9.17) is 4.74 Å². The third-order valence-corrected chi connectivity index (χ3v) is 4.00. The van der Waals surface area contributed by atoms with E-state index in [0.717, 1.165) is 37.7 Å². The lowest BCUT2D eigenvalue weighted by molar-refractivity contribution is -0.139. The summed E-state index contributed by atoms with van der Waals surface area (Å²) in [4.78, 5) is 16.2. The zero-order valence-electron chi connectivity index (χ0n) is 9.85. The molecule has 2 aliphatic rings. The Labute approximate surface area is 101 Å². The molecule has 4 nitrogen and oxygen atoms in total. The first-order valence-electron chi connectivity index (χ1n) is 5.95. The van der Waals surface area contributed by atoms with Gasteiger partial charge >= 0.3 is 0 Å². The average molecular weight is 244 g/mol. The van der Waals surface area contributed by atoms with Gasteiger partial charge in [0.2, 0.25) is 5.91 Å². The molecule has 0 aliphatic carbocycles. The fraction of sp³-hybridized carbons (Fsp3) is 0.909. The third kappa shape index (κ3) is 3.37. The van der Waals surface area contributed by atoms with Crippen LogP contribution in [0.5, 0.6) is 0 Å². The lowest BCUT2D eigenvalue weighted by Gasteiger charge is -2.33. The molecule has 2 aliphatic heterocycles. The van der Waals surface area contributed by atoms with E-state index in [-0.39, 0.29) is 12.0 Å². The fourth-order valence-electron chi connectivity index (χ4n) is 2.10. The number of hydrogen-bond acceptors (Lipinski definition) is 4. The summed E-state index contributed by atoms with van der Waals surface area (Å²) in [7, 11) is 0. The normalized spacial score (nSPS) is 28.1. The topological polar surface area (TPSA) is 32.8 Å². The van der Waals surface area contributed by atoms with Gasteiger partial charge in [0.15, 0.2) is 0 Å². The monoisotopic (exact) mass is 244 g/mol. The van der Waals surface area contributed by atoms with Crippen molar-refractivity contribution < 1.29 is 9.53 Å². The maximum absolute atomic E-state index is 12.0. The van der Waals surface area contributed by atoms with Gasteiger partial charge in [-0.2, -0.15) is 11.8 Å². The molecule has 2 saturated heterocycles. The first-order chi connectivity index (χ1) is 7.75. The number of thioether (sulfide) groups is 1. The van der Waals surface area contributed by atoms with Gasteiger partial charge in [-0.3, -0.25) is 9.69 Å². The summed E-state index contributed by atoms with van der Waals surface area (Å²) in [5, 5.41) is 0. The van der Waals surface area contributed by atoms with Crippen molar-refractivity contribution in [3.63, 3.8) is 0 Å². The van der Waals surface area contributed by atoms with Crippen molar-refractivity contribution >= 4 is 17.7 Å². The molecule has 2 heterocycles. The number of hydrogen-bond donors (Lipinski definition) is 0. The quantitative estimate of drug-likeness (QED) is 0.699. The molecule has 0 bridgehead atoms. The zero-order chi connectivity index (χ0) is 11.4. The predicted octanol–water partition coefficient (Wildman–Crippen LogP) is 0.282. The number of morpholine rings is 1. The molecule has 0 aromatic rings. The van der Waals surface area contributed by atoms with Crippen LogP contribution in [0, 0.1) is 0 Å². The smallest absolute Gasteiger partial charge is 0.236 e. The fourth-order valence-corrected chi connectivity index (χ4v) is 3.07. The van der Waals surface area contributed by atoms with Crippen molar-refractivity contribution in [1.29, 1.82) is 0 Å². The zero-order valence-corrected chi connectivity index (χ0v) is 10.7. The molecule has 2 rings (SSSR count). The second-order valence-electron chi connectivity index (χ2n) is 4.41. The van der Waals surface area contributed by atoms with Crippen LogP contribution in [0.25, 0.3) is 0 Å². The Hall–Kier alpha value is -0.260. The highest BCUT2D eigenvalue weighted by molar-refractivity contribution is 7.99. The van der Waals surface area contributed by atoms with Crippen molar-refractivity contribution in [2.45, 2.75) is 13.0 Å². The van der Waals surface area contributed by atoms with Gasteiger partial charge in [-0.05, 0) is 6.92 Å². The second kappa shape index (κ2) is 5.89. The van der Waals surface area contributed by atoms with E-state index in [1.54, 1.807) is 0 Å². The number of nitrogens with zero attached hydrogens (tertiary/aromatic N) is 2. The first-order valence-corrected chi connectivity index (χ1v) is 7.10. The molecule has 0 N–H and O–H groups in total. The minimum Gasteiger partial charge on any atom is -0.375 e. The molecule has 1 amide bonds. The molecule has 5 heteroatoms. The van der Waals surface area contributed by atoms with E-state index in [9.17, 15) is 4.79 Å². The van der Waals surface area contributed by atoms with E-state index in [1.165, 1.54) is 0 Å². The van der Waals surface area contributed by atoms with Crippen LogP contribution >= 0.6 is 11.8 Å². The van der Waals surface area contributed by atoms with Gasteiger partial charge in [-0.25, -0.2) is 0 Å². The predicted molar refractivity (Wildman–Crippen MR) is 65.8 cm³/mol. The molecule has 0 saturated carbocycles. The van der Waals surface area contributed by atoms with Crippen LogP contribution in [0.4, 0.5) is 0 Å². The van der Waals surface area contributed by atoms with E-state index in [2.05, 4.69) is 4.90 Å². The Morgan fingerprint density at radius 1 is 1.38 bits per heavy atom. The van der Waals surface area contributed by atoms with E-state index < -0.39 is 0 Å². The molecular formula is C11H20N2O2S. The van der Waals surface area contributed by atoms with Crippen molar-refractivity contribution in [3.05, 3.63) is 0 Å². The van der Waals surface area contributed by atoms with Gasteiger partial charge in [-0.15, -0.1) is 0 Å². The Balaban J connectivity index is 1.77. The van der Waals surface area contributed by atoms with Gasteiger partial charge in [0.1, 0.15) is 0 Å². The highest BCUT2D eigenvalue weighted by atomic mass is 32.2. The van der Waals surface area contributed by atoms with Crippen LogP contribution in [0.3, 0.4) is 0 Å². The highest BCUT2D eigenvalue weighted by Gasteiger charge is 2.23. The Morgan fingerprint density at radius 3 is 2.81 bits per heavy atom. The van der Waals surface area contributed by atoms with Gasteiger partial charge < -0.3 is 9.64 Å². The highest BCUT2D eigenvalue weighted by Crippen LogP contribution is 2.10. The maximum Gasteiger partial charge on any atom is 0.236 e. The largest absolute Gasteiger partial charge is 0.375 e. The van der Waals surface area contributed by atoms with Gasteiger partial charge in [-0.1, -0.05) is 0 Å². The van der Waals surface area contributed by atoms with Crippen LogP contribution in [0.2, 0.25) is 0 Å². The molecule has 1 unspecified atom stereocenters. The van der Waals surface area contributed by atoms with Gasteiger partial charge in [0.25, 0.3) is 0 Å². The van der Waals surface area contributed by atoms with Crippen molar-refractivity contribution in [3.8, 4) is 0 Å². The number of carbonyl (C=O) groups excluding carboxylic acids is 1. The van der Waals surface area contributed by atoms with Crippen molar-refractivity contribution in [2.24, 2.45) is 0 Å². The number of ether oxygens (including phenoxy) is 1. The number of rotatable bonds is 2. The summed E-state index contributed by atoms with van der Waals surface area (Å²) in [6, 6.07) is 0. The van der Waals surface area contributed by atoms with E-state index >= 15 is 0 Å². The van der Waals surface area contributed by atoms with E-state index in [1.807, 2.05) is 23.6 Å². The van der Waals surface area contributed by atoms with Crippen LogP contribution in [-0.4, -0.2) is 72.6 Å². The summed E-state index contributed by atoms with van der Waals surface area (Å²) < 4.78 is 5.44. The van der Waals surface area contributed by atoms with Crippen LogP contribution in [0.15, 0.2) is 0 Å². The summed E-state index contributed by atoms with van der Waals surface area (Å²) in [5.41, 5.74) is 0. The molecule has 16 heavy (non-hydrogen) atoms. The van der Waals surface area contributed by atoms with Crippen molar-refractivity contribution in [2.75, 3.05) is 50.8 Å². The first kappa shape index (κ1) is 12.2. The number of amides is 1. The Morgan fingerprint density at radius 2 is 2.12 bits per heavy atom. The van der Waals surface area contributed by atoms with Gasteiger partial charge in [0.05, 0.1) is 19.3 Å².